The van der Waals surface area contributed by atoms with E-state index in [1.807, 2.05) is 0 Å². The number of carbonyl (C=O) groups excluding carboxylic acids is 1. The van der Waals surface area contributed by atoms with E-state index in [1.165, 1.54) is 30.3 Å². The number of rotatable bonds is 3. The number of nitrogens with zero attached hydrogens (tertiary/aromatic N) is 1. The van der Waals surface area contributed by atoms with Gasteiger partial charge in [-0.1, -0.05) is 11.6 Å². The van der Waals surface area contributed by atoms with Crippen molar-refractivity contribution >= 4 is 23.2 Å². The highest BCUT2D eigenvalue weighted by Gasteiger charge is 2.19. The van der Waals surface area contributed by atoms with Crippen LogP contribution in [0.1, 0.15) is 10.6 Å². The predicted molar refractivity (Wildman–Crippen MR) is 64.3 cm³/mol. The molecule has 0 aliphatic rings. The SMILES string of the molecule is NC(=O)c1ccc(-c2ccc(Cl)cc2[N+](=O)[O-])o1. The molecule has 0 saturated carbocycles. The van der Waals surface area contributed by atoms with Crippen molar-refractivity contribution in [3.63, 3.8) is 0 Å². The molecule has 1 heterocycles. The molecular formula is C11H7ClN2O4. The molecular weight excluding hydrogens is 260 g/mol. The van der Waals surface area contributed by atoms with Crippen molar-refractivity contribution in [2.75, 3.05) is 0 Å². The Kier molecular flexibility index (Phi) is 3.03. The minimum atomic E-state index is -0.738. The molecule has 0 saturated heterocycles. The summed E-state index contributed by atoms with van der Waals surface area (Å²) in [5.74, 6) is -0.612. The highest BCUT2D eigenvalue weighted by Crippen LogP contribution is 2.33. The Hall–Kier alpha value is -2.34. The Bertz CT molecular complexity index is 636. The Morgan fingerprint density at radius 1 is 1.33 bits per heavy atom. The molecule has 0 bridgehead atoms. The lowest BCUT2D eigenvalue weighted by Gasteiger charge is -2.00. The molecule has 0 fully saturated rings. The van der Waals surface area contributed by atoms with Crippen molar-refractivity contribution in [3.8, 4) is 11.3 Å². The van der Waals surface area contributed by atoms with Crippen LogP contribution in [0.4, 0.5) is 5.69 Å². The van der Waals surface area contributed by atoms with Crippen molar-refractivity contribution in [2.24, 2.45) is 5.73 Å². The number of nitro groups is 1. The first-order valence-electron chi connectivity index (χ1n) is 4.83. The average Bonchev–Trinajstić information content (AvgIpc) is 2.78. The Morgan fingerprint density at radius 2 is 2.06 bits per heavy atom. The fraction of sp³-hybridized carbons (Fsp3) is 0. The maximum atomic E-state index is 10.9. The molecule has 0 aliphatic carbocycles. The van der Waals surface area contributed by atoms with Crippen molar-refractivity contribution in [3.05, 3.63) is 51.2 Å². The zero-order chi connectivity index (χ0) is 13.3. The number of nitro benzene ring substituents is 1. The lowest BCUT2D eigenvalue weighted by atomic mass is 10.1. The lowest BCUT2D eigenvalue weighted by Crippen LogP contribution is -2.09. The molecule has 0 unspecified atom stereocenters. The van der Waals surface area contributed by atoms with Crippen LogP contribution in [-0.2, 0) is 0 Å². The van der Waals surface area contributed by atoms with E-state index < -0.39 is 10.8 Å². The minimum Gasteiger partial charge on any atom is -0.451 e. The van der Waals surface area contributed by atoms with Gasteiger partial charge in [0.1, 0.15) is 5.76 Å². The van der Waals surface area contributed by atoms with Crippen LogP contribution < -0.4 is 5.73 Å². The van der Waals surface area contributed by atoms with Crippen molar-refractivity contribution < 1.29 is 14.1 Å². The van der Waals surface area contributed by atoms with Crippen molar-refractivity contribution in [1.29, 1.82) is 0 Å². The molecule has 2 rings (SSSR count). The molecule has 1 aromatic carbocycles. The van der Waals surface area contributed by atoms with Crippen LogP contribution >= 0.6 is 11.6 Å². The molecule has 2 aromatic rings. The van der Waals surface area contributed by atoms with Crippen LogP contribution in [0.5, 0.6) is 0 Å². The quantitative estimate of drug-likeness (QED) is 0.681. The Labute approximate surface area is 106 Å². The van der Waals surface area contributed by atoms with E-state index in [2.05, 4.69) is 0 Å². The third kappa shape index (κ3) is 2.18. The van der Waals surface area contributed by atoms with E-state index in [4.69, 9.17) is 21.8 Å². The van der Waals surface area contributed by atoms with Crippen LogP contribution in [0.25, 0.3) is 11.3 Å². The van der Waals surface area contributed by atoms with E-state index in [9.17, 15) is 14.9 Å². The maximum absolute atomic E-state index is 10.9. The van der Waals surface area contributed by atoms with Crippen LogP contribution in [0.2, 0.25) is 5.02 Å². The van der Waals surface area contributed by atoms with Gasteiger partial charge in [0.2, 0.25) is 0 Å². The molecule has 18 heavy (non-hydrogen) atoms. The van der Waals surface area contributed by atoms with Gasteiger partial charge in [0, 0.05) is 11.1 Å². The number of benzene rings is 1. The standard InChI is InChI=1S/C11H7ClN2O4/c12-6-1-2-7(8(5-6)14(16)17)9-3-4-10(18-9)11(13)15/h1-5H,(H2,13,15). The molecule has 0 aliphatic heterocycles. The average molecular weight is 267 g/mol. The minimum absolute atomic E-state index is 0.0609. The summed E-state index contributed by atoms with van der Waals surface area (Å²) in [6.45, 7) is 0. The van der Waals surface area contributed by atoms with E-state index in [-0.39, 0.29) is 27.8 Å². The summed E-state index contributed by atoms with van der Waals surface area (Å²) >= 11 is 5.69. The Balaban J connectivity index is 2.55. The summed E-state index contributed by atoms with van der Waals surface area (Å²) < 4.78 is 5.14. The Morgan fingerprint density at radius 3 is 2.61 bits per heavy atom. The molecule has 7 heteroatoms. The molecule has 0 radical (unpaired) electrons. The molecule has 2 N–H and O–H groups in total. The van der Waals surface area contributed by atoms with Gasteiger partial charge in [-0.25, -0.2) is 0 Å². The second kappa shape index (κ2) is 4.50. The molecule has 92 valence electrons. The summed E-state index contributed by atoms with van der Waals surface area (Å²) in [7, 11) is 0. The van der Waals surface area contributed by atoms with E-state index in [0.29, 0.717) is 0 Å². The molecule has 1 amide bonds. The number of amides is 1. The van der Waals surface area contributed by atoms with Gasteiger partial charge in [-0.05, 0) is 24.3 Å². The monoisotopic (exact) mass is 266 g/mol. The number of furan rings is 1. The molecule has 1 aromatic heterocycles. The fourth-order valence-corrected chi connectivity index (χ4v) is 1.65. The van der Waals surface area contributed by atoms with Gasteiger partial charge in [-0.3, -0.25) is 14.9 Å². The van der Waals surface area contributed by atoms with Crippen LogP contribution in [0.3, 0.4) is 0 Å². The zero-order valence-electron chi connectivity index (χ0n) is 8.92. The van der Waals surface area contributed by atoms with Crippen molar-refractivity contribution in [1.82, 2.24) is 0 Å². The third-order valence-corrected chi connectivity index (χ3v) is 2.51. The summed E-state index contributed by atoms with van der Waals surface area (Å²) in [5.41, 5.74) is 5.07. The first kappa shape index (κ1) is 12.1. The van der Waals surface area contributed by atoms with Gasteiger partial charge in [0.15, 0.2) is 5.76 Å². The highest BCUT2D eigenvalue weighted by atomic mass is 35.5. The maximum Gasteiger partial charge on any atom is 0.284 e. The molecule has 0 atom stereocenters. The van der Waals surface area contributed by atoms with Gasteiger partial charge in [-0.15, -0.1) is 0 Å². The second-order valence-corrected chi connectivity index (χ2v) is 3.88. The fourth-order valence-electron chi connectivity index (χ4n) is 1.48. The predicted octanol–water partition coefficient (Wildman–Crippen LogP) is 2.61. The summed E-state index contributed by atoms with van der Waals surface area (Å²) in [6, 6.07) is 6.95. The second-order valence-electron chi connectivity index (χ2n) is 3.45. The van der Waals surface area contributed by atoms with Gasteiger partial charge in [-0.2, -0.15) is 0 Å². The number of primary amides is 1. The number of nitrogens with two attached hydrogens (primary N) is 1. The first-order chi connectivity index (χ1) is 8.49. The van der Waals surface area contributed by atoms with Crippen LogP contribution in [0.15, 0.2) is 34.7 Å². The third-order valence-electron chi connectivity index (χ3n) is 2.27. The topological polar surface area (TPSA) is 99.4 Å². The normalized spacial score (nSPS) is 10.3. The number of carbonyl (C=O) groups is 1. The smallest absolute Gasteiger partial charge is 0.284 e. The zero-order valence-corrected chi connectivity index (χ0v) is 9.68. The molecule has 6 nitrogen and oxygen atoms in total. The summed E-state index contributed by atoms with van der Waals surface area (Å²) in [5, 5.41) is 11.1. The van der Waals surface area contributed by atoms with Gasteiger partial charge in [0.25, 0.3) is 11.6 Å². The lowest BCUT2D eigenvalue weighted by molar-refractivity contribution is -0.384. The van der Waals surface area contributed by atoms with Crippen molar-refractivity contribution in [2.45, 2.75) is 0 Å². The summed E-state index contributed by atoms with van der Waals surface area (Å²) in [4.78, 5) is 21.2. The van der Waals surface area contributed by atoms with Gasteiger partial charge < -0.3 is 10.2 Å². The number of halogens is 1. The molecule has 0 spiro atoms. The van der Waals surface area contributed by atoms with E-state index in [1.54, 1.807) is 0 Å². The highest BCUT2D eigenvalue weighted by molar-refractivity contribution is 6.30. The van der Waals surface area contributed by atoms with E-state index >= 15 is 0 Å². The number of hydrogen-bond acceptors (Lipinski definition) is 4. The van der Waals surface area contributed by atoms with E-state index in [0.717, 1.165) is 0 Å². The van der Waals surface area contributed by atoms with Gasteiger partial charge in [0.05, 0.1) is 10.5 Å². The largest absolute Gasteiger partial charge is 0.451 e. The summed E-state index contributed by atoms with van der Waals surface area (Å²) in [6.07, 6.45) is 0. The first-order valence-corrected chi connectivity index (χ1v) is 5.21. The van der Waals surface area contributed by atoms with Crippen LogP contribution in [0, 0.1) is 10.1 Å². The van der Waals surface area contributed by atoms with Gasteiger partial charge >= 0.3 is 0 Å². The van der Waals surface area contributed by atoms with Crippen LogP contribution in [-0.4, -0.2) is 10.8 Å². The number of hydrogen-bond donors (Lipinski definition) is 1.